The second-order valence-corrected chi connectivity index (χ2v) is 21.7. The number of hydrogen-bond acceptors (Lipinski definition) is 6. The molecule has 6 nitrogen and oxygen atoms in total. The molecule has 0 aromatic carbocycles. The van der Waals surface area contributed by atoms with Crippen molar-refractivity contribution >= 4 is 11.8 Å². The maximum absolute atomic E-state index is 14.1. The summed E-state index contributed by atoms with van der Waals surface area (Å²) in [5, 5.41) is 0. The maximum Gasteiger partial charge on any atom is 0.306 e. The van der Waals surface area contributed by atoms with Gasteiger partial charge in [0.2, 0.25) is 0 Å². The third-order valence-electron chi connectivity index (χ3n) is 19.5. The number of carbonyl (C=O) groups excluding carboxylic acids is 2. The van der Waals surface area contributed by atoms with Crippen LogP contribution in [-0.4, -0.2) is 65.3 Å². The molecule has 11 aliphatic rings. The van der Waals surface area contributed by atoms with Crippen LogP contribution in [0.1, 0.15) is 173 Å². The molecule has 0 amide bonds. The Hall–Kier alpha value is -0.980. The van der Waals surface area contributed by atoms with Crippen molar-refractivity contribution in [2.75, 3.05) is 0 Å². The van der Waals surface area contributed by atoms with Crippen molar-refractivity contribution in [1.29, 1.82) is 0 Å². The molecule has 4 heterocycles. The summed E-state index contributed by atoms with van der Waals surface area (Å²) in [7, 11) is 0. The number of hydrogen-bond donors (Lipinski definition) is 0. The van der Waals surface area contributed by atoms with E-state index in [9.17, 15) is 9.59 Å². The molecule has 0 spiro atoms. The fraction of sp³-hybridized carbons (Fsp3) is 0.958. The van der Waals surface area contributed by atoms with Crippen molar-refractivity contribution < 1.29 is 23.8 Å². The lowest BCUT2D eigenvalue weighted by Gasteiger charge is -2.49. The molecule has 0 bridgehead atoms. The van der Waals surface area contributed by atoms with Gasteiger partial charge in [0, 0.05) is 36.9 Å². The fourth-order valence-electron chi connectivity index (χ4n) is 17.0. The van der Waals surface area contributed by atoms with Crippen LogP contribution in [0.25, 0.3) is 0 Å². The number of ether oxygens (including phenoxy) is 3. The van der Waals surface area contributed by atoms with Gasteiger partial charge >= 0.3 is 5.97 Å². The quantitative estimate of drug-likeness (QED) is 0.267. The van der Waals surface area contributed by atoms with Crippen LogP contribution in [0.15, 0.2) is 0 Å². The van der Waals surface area contributed by atoms with Crippen LogP contribution in [0.4, 0.5) is 0 Å². The van der Waals surface area contributed by atoms with Gasteiger partial charge in [-0.25, -0.2) is 0 Å². The molecule has 7 aliphatic carbocycles. The van der Waals surface area contributed by atoms with Crippen molar-refractivity contribution in [3.05, 3.63) is 0 Å². The monoisotopic (exact) mass is 744 g/mol. The molecule has 7 saturated carbocycles. The molecular formula is C48H73NO5. The summed E-state index contributed by atoms with van der Waals surface area (Å²) < 4.78 is 19.6. The van der Waals surface area contributed by atoms with Crippen molar-refractivity contribution in [2.45, 2.75) is 222 Å². The Morgan fingerprint density at radius 2 is 1.09 bits per heavy atom. The van der Waals surface area contributed by atoms with E-state index in [1.54, 1.807) is 0 Å². The molecule has 15 atom stereocenters. The number of likely N-dealkylation sites (tertiary alicyclic amines) is 1. The number of Topliss-reactive ketones (excluding diaryl/α,β-unsaturated/α-hetero) is 1. The summed E-state index contributed by atoms with van der Waals surface area (Å²) in [4.78, 5) is 29.1. The zero-order chi connectivity index (χ0) is 35.9. The lowest BCUT2D eigenvalue weighted by molar-refractivity contribution is -0.163. The van der Waals surface area contributed by atoms with Crippen LogP contribution >= 0.6 is 0 Å². The number of rotatable bonds is 4. The van der Waals surface area contributed by atoms with Gasteiger partial charge in [0.15, 0.2) is 0 Å². The van der Waals surface area contributed by atoms with E-state index in [1.807, 2.05) is 0 Å². The SMILES string of the molecule is O=C1CCC2CC(C3CCC(C4CCC(C5CC(=O)C6CC(N7C8CCCCC8C8CC9OC%10CCCCC%10C9CC87)CCC6O5)CC4)CC3)CCC2O1. The summed E-state index contributed by atoms with van der Waals surface area (Å²) in [6.45, 7) is 0. The molecule has 4 aliphatic heterocycles. The molecule has 0 aromatic rings. The van der Waals surface area contributed by atoms with Crippen LogP contribution < -0.4 is 0 Å². The second kappa shape index (κ2) is 15.0. The fourth-order valence-corrected chi connectivity index (χ4v) is 17.0. The Morgan fingerprint density at radius 3 is 1.91 bits per heavy atom. The molecule has 300 valence electrons. The molecule has 15 unspecified atom stereocenters. The Kier molecular flexibility index (Phi) is 10.0. The smallest absolute Gasteiger partial charge is 0.306 e. The Balaban J connectivity index is 0.675. The number of nitrogens with zero attached hydrogens (tertiary/aromatic N) is 1. The van der Waals surface area contributed by atoms with Crippen LogP contribution in [0, 0.1) is 65.1 Å². The highest BCUT2D eigenvalue weighted by atomic mass is 16.5. The number of fused-ring (bicyclic) bond motifs is 8. The van der Waals surface area contributed by atoms with E-state index in [4.69, 9.17) is 14.2 Å². The largest absolute Gasteiger partial charge is 0.462 e. The first-order valence-corrected chi connectivity index (χ1v) is 24.3. The highest BCUT2D eigenvalue weighted by Gasteiger charge is 2.60. The molecular weight excluding hydrogens is 671 g/mol. The minimum absolute atomic E-state index is 0.0412. The summed E-state index contributed by atoms with van der Waals surface area (Å²) in [5.41, 5.74) is 0. The van der Waals surface area contributed by atoms with Crippen molar-refractivity contribution in [3.8, 4) is 0 Å². The normalized spacial score (nSPS) is 53.6. The zero-order valence-electron chi connectivity index (χ0n) is 33.5. The maximum atomic E-state index is 14.1. The van der Waals surface area contributed by atoms with E-state index in [1.165, 1.54) is 135 Å². The number of carbonyl (C=O) groups is 2. The summed E-state index contributed by atoms with van der Waals surface area (Å²) in [6, 6.07) is 2.08. The first-order chi connectivity index (χ1) is 26.5. The van der Waals surface area contributed by atoms with Gasteiger partial charge in [0.05, 0.1) is 24.4 Å². The topological polar surface area (TPSA) is 65.1 Å². The van der Waals surface area contributed by atoms with Gasteiger partial charge < -0.3 is 14.2 Å². The summed E-state index contributed by atoms with van der Waals surface area (Å²) >= 11 is 0. The van der Waals surface area contributed by atoms with E-state index in [0.717, 1.165) is 85.1 Å². The van der Waals surface area contributed by atoms with Crippen molar-refractivity contribution in [1.82, 2.24) is 4.90 Å². The molecule has 0 N–H and O–H groups in total. The molecule has 11 fully saturated rings. The Bertz CT molecular complexity index is 1370. The predicted octanol–water partition coefficient (Wildman–Crippen LogP) is 9.84. The van der Waals surface area contributed by atoms with Crippen LogP contribution in [0.2, 0.25) is 0 Å². The third-order valence-corrected chi connectivity index (χ3v) is 19.5. The van der Waals surface area contributed by atoms with E-state index in [2.05, 4.69) is 4.90 Å². The van der Waals surface area contributed by atoms with Crippen molar-refractivity contribution in [3.63, 3.8) is 0 Å². The second-order valence-electron chi connectivity index (χ2n) is 21.7. The third kappa shape index (κ3) is 6.51. The molecule has 54 heavy (non-hydrogen) atoms. The molecule has 0 aromatic heterocycles. The van der Waals surface area contributed by atoms with Gasteiger partial charge in [0.1, 0.15) is 11.9 Å². The highest BCUT2D eigenvalue weighted by Crippen LogP contribution is 2.58. The number of esters is 1. The van der Waals surface area contributed by atoms with Gasteiger partial charge in [-0.3, -0.25) is 14.5 Å². The first-order valence-electron chi connectivity index (χ1n) is 24.3. The predicted molar refractivity (Wildman–Crippen MR) is 208 cm³/mol. The molecule has 11 rings (SSSR count). The first kappa shape index (κ1) is 36.1. The van der Waals surface area contributed by atoms with Gasteiger partial charge in [-0.05, 0) is 194 Å². The summed E-state index contributed by atoms with van der Waals surface area (Å²) in [5.74, 6) is 8.85. The van der Waals surface area contributed by atoms with Crippen molar-refractivity contribution in [2.24, 2.45) is 65.1 Å². The number of ketones is 1. The van der Waals surface area contributed by atoms with Gasteiger partial charge in [-0.1, -0.05) is 25.7 Å². The molecule has 0 radical (unpaired) electrons. The Labute approximate surface area is 326 Å². The highest BCUT2D eigenvalue weighted by molar-refractivity contribution is 5.83. The van der Waals surface area contributed by atoms with E-state index >= 15 is 0 Å². The average Bonchev–Trinajstić information content (AvgIpc) is 3.74. The van der Waals surface area contributed by atoms with E-state index < -0.39 is 0 Å². The van der Waals surface area contributed by atoms with E-state index in [-0.39, 0.29) is 30.2 Å². The minimum Gasteiger partial charge on any atom is -0.462 e. The lowest BCUT2D eigenvalue weighted by atomic mass is 9.63. The van der Waals surface area contributed by atoms with Gasteiger partial charge in [0.25, 0.3) is 0 Å². The van der Waals surface area contributed by atoms with Crippen LogP contribution in [-0.2, 0) is 23.8 Å². The van der Waals surface area contributed by atoms with Gasteiger partial charge in [-0.15, -0.1) is 0 Å². The Morgan fingerprint density at radius 1 is 0.426 bits per heavy atom. The van der Waals surface area contributed by atoms with E-state index in [0.29, 0.717) is 48.7 Å². The zero-order valence-corrected chi connectivity index (χ0v) is 33.5. The van der Waals surface area contributed by atoms with Crippen LogP contribution in [0.3, 0.4) is 0 Å². The molecule has 6 heteroatoms. The lowest BCUT2D eigenvalue weighted by Crippen LogP contribution is -2.55. The molecule has 4 saturated heterocycles. The van der Waals surface area contributed by atoms with Crippen LogP contribution in [0.5, 0.6) is 0 Å². The minimum atomic E-state index is 0.0412. The van der Waals surface area contributed by atoms with Gasteiger partial charge in [-0.2, -0.15) is 0 Å². The summed E-state index contributed by atoms with van der Waals surface area (Å²) in [6.07, 6.45) is 36.0. The standard InChI is InChI=1S/C48H73NO5/c50-42-27-46(31-15-13-29(14-16-31)28-9-11-30(12-10-28)32-17-20-43-33(23-32)18-22-48(51)54-43)52-45-21-19-34(24-39(42)45)49-40-7-3-1-5-35(40)37-26-47-38(25-41(37)49)36-6-2-4-8-44(36)53-47/h28-41,43-47H,1-27H2. The average molecular weight is 744 g/mol.